The summed E-state index contributed by atoms with van der Waals surface area (Å²) in [6, 6.07) is 23.1. The third-order valence-electron chi connectivity index (χ3n) is 3.82. The monoisotopic (exact) mass is 365 g/mol. The maximum absolute atomic E-state index is 12.4. The Morgan fingerprint density at radius 2 is 1.65 bits per heavy atom. The Balaban J connectivity index is 1.56. The third-order valence-corrected chi connectivity index (χ3v) is 4.81. The van der Waals surface area contributed by atoms with Gasteiger partial charge in [0.2, 0.25) is 0 Å². The number of thioether (sulfide) groups is 1. The summed E-state index contributed by atoms with van der Waals surface area (Å²) in [5.41, 5.74) is 0.703. The van der Waals surface area contributed by atoms with Crippen LogP contribution in [0.25, 0.3) is 10.8 Å². The van der Waals surface area contributed by atoms with Gasteiger partial charge >= 0.3 is 5.97 Å². The summed E-state index contributed by atoms with van der Waals surface area (Å²) in [6.45, 7) is 1.57. The zero-order valence-electron chi connectivity index (χ0n) is 14.3. The first kappa shape index (κ1) is 18.0. The summed E-state index contributed by atoms with van der Waals surface area (Å²) in [5, 5.41) is 4.82. The van der Waals surface area contributed by atoms with Crippen LogP contribution in [0.2, 0.25) is 0 Å². The van der Waals surface area contributed by atoms with Gasteiger partial charge in [-0.2, -0.15) is 0 Å². The first-order valence-electron chi connectivity index (χ1n) is 8.29. The average Bonchev–Trinajstić information content (AvgIpc) is 2.67. The van der Waals surface area contributed by atoms with Gasteiger partial charge in [-0.1, -0.05) is 54.6 Å². The summed E-state index contributed by atoms with van der Waals surface area (Å²) >= 11 is 1.38. The van der Waals surface area contributed by atoms with Crippen LogP contribution < -0.4 is 5.32 Å². The lowest BCUT2D eigenvalue weighted by Crippen LogP contribution is -2.30. The normalized spacial score (nSPS) is 11.7. The van der Waals surface area contributed by atoms with E-state index in [4.69, 9.17) is 4.74 Å². The zero-order chi connectivity index (χ0) is 18.4. The summed E-state index contributed by atoms with van der Waals surface area (Å²) in [6.07, 6.45) is -0.863. The van der Waals surface area contributed by atoms with Gasteiger partial charge in [-0.15, -0.1) is 11.8 Å². The maximum atomic E-state index is 12.4. The number of hydrogen-bond acceptors (Lipinski definition) is 4. The molecule has 0 fully saturated rings. The number of esters is 1. The standard InChI is InChI=1S/C21H19NO3S/c1-15(25-20(23)14-26-17-10-3-2-4-11-17)21(24)22-19-13-7-9-16-8-5-6-12-18(16)19/h2-13,15H,14H2,1H3,(H,22,24)/t15-/m0/s1. The number of hydrogen-bond donors (Lipinski definition) is 1. The van der Waals surface area contributed by atoms with Crippen molar-refractivity contribution < 1.29 is 14.3 Å². The van der Waals surface area contributed by atoms with Crippen molar-refractivity contribution in [1.29, 1.82) is 0 Å². The molecule has 0 aliphatic carbocycles. The van der Waals surface area contributed by atoms with Crippen molar-refractivity contribution in [2.24, 2.45) is 0 Å². The molecule has 1 atom stereocenters. The van der Waals surface area contributed by atoms with Gasteiger partial charge in [-0.05, 0) is 30.5 Å². The lowest BCUT2D eigenvalue weighted by molar-refractivity contribution is -0.150. The van der Waals surface area contributed by atoms with Crippen molar-refractivity contribution in [3.8, 4) is 0 Å². The van der Waals surface area contributed by atoms with Crippen molar-refractivity contribution in [3.05, 3.63) is 72.8 Å². The smallest absolute Gasteiger partial charge is 0.317 e. The largest absolute Gasteiger partial charge is 0.452 e. The Morgan fingerprint density at radius 3 is 2.46 bits per heavy atom. The fourth-order valence-corrected chi connectivity index (χ4v) is 3.21. The van der Waals surface area contributed by atoms with Gasteiger partial charge in [-0.25, -0.2) is 0 Å². The molecule has 1 N–H and O–H groups in total. The van der Waals surface area contributed by atoms with E-state index in [2.05, 4.69) is 5.32 Å². The van der Waals surface area contributed by atoms with Crippen LogP contribution in [0.1, 0.15) is 6.92 Å². The second-order valence-electron chi connectivity index (χ2n) is 5.75. The Morgan fingerprint density at radius 1 is 0.962 bits per heavy atom. The van der Waals surface area contributed by atoms with E-state index in [0.717, 1.165) is 15.7 Å². The molecule has 0 spiro atoms. The molecule has 3 aromatic rings. The zero-order valence-corrected chi connectivity index (χ0v) is 15.2. The molecule has 0 aromatic heterocycles. The molecule has 26 heavy (non-hydrogen) atoms. The number of rotatable bonds is 6. The maximum Gasteiger partial charge on any atom is 0.317 e. The van der Waals surface area contributed by atoms with Gasteiger partial charge in [0, 0.05) is 16.0 Å². The highest BCUT2D eigenvalue weighted by molar-refractivity contribution is 8.00. The summed E-state index contributed by atoms with van der Waals surface area (Å²) in [5.74, 6) is -0.602. The van der Waals surface area contributed by atoms with Crippen LogP contribution in [-0.2, 0) is 14.3 Å². The van der Waals surface area contributed by atoms with Gasteiger partial charge in [0.25, 0.3) is 5.91 Å². The molecule has 3 aromatic carbocycles. The Kier molecular flexibility index (Phi) is 5.92. The highest BCUT2D eigenvalue weighted by Gasteiger charge is 2.18. The van der Waals surface area contributed by atoms with E-state index < -0.39 is 12.1 Å². The predicted molar refractivity (Wildman–Crippen MR) is 105 cm³/mol. The quantitative estimate of drug-likeness (QED) is 0.516. The molecule has 132 valence electrons. The summed E-state index contributed by atoms with van der Waals surface area (Å²) in [4.78, 5) is 25.3. The highest BCUT2D eigenvalue weighted by Crippen LogP contribution is 2.23. The van der Waals surface area contributed by atoms with Crippen LogP contribution in [-0.4, -0.2) is 23.7 Å². The van der Waals surface area contributed by atoms with Crippen LogP contribution in [0.15, 0.2) is 77.7 Å². The minimum absolute atomic E-state index is 0.163. The van der Waals surface area contributed by atoms with Gasteiger partial charge in [-0.3, -0.25) is 9.59 Å². The van der Waals surface area contributed by atoms with Crippen LogP contribution in [0.4, 0.5) is 5.69 Å². The predicted octanol–water partition coefficient (Wildman–Crippen LogP) is 4.50. The number of carbonyl (C=O) groups is 2. The van der Waals surface area contributed by atoms with Crippen molar-refractivity contribution in [1.82, 2.24) is 0 Å². The lowest BCUT2D eigenvalue weighted by atomic mass is 10.1. The molecule has 0 saturated heterocycles. The first-order chi connectivity index (χ1) is 12.6. The number of nitrogens with one attached hydrogen (secondary N) is 1. The highest BCUT2D eigenvalue weighted by atomic mass is 32.2. The van der Waals surface area contributed by atoms with E-state index in [1.165, 1.54) is 11.8 Å². The van der Waals surface area contributed by atoms with Crippen LogP contribution in [0, 0.1) is 0 Å². The first-order valence-corrected chi connectivity index (χ1v) is 9.28. The Labute approximate surface area is 156 Å². The minimum atomic E-state index is -0.863. The number of amides is 1. The molecule has 0 bridgehead atoms. The van der Waals surface area contributed by atoms with Gasteiger partial charge in [0.15, 0.2) is 6.10 Å². The summed E-state index contributed by atoms with van der Waals surface area (Å²) < 4.78 is 5.25. The van der Waals surface area contributed by atoms with Gasteiger partial charge in [0.05, 0.1) is 5.75 Å². The SMILES string of the molecule is C[C@H](OC(=O)CSc1ccccc1)C(=O)Nc1cccc2ccccc12. The number of carbonyl (C=O) groups excluding carboxylic acids is 2. The van der Waals surface area contributed by atoms with Crippen molar-refractivity contribution in [2.75, 3.05) is 11.1 Å². The van der Waals surface area contributed by atoms with Crippen LogP contribution in [0.5, 0.6) is 0 Å². The molecule has 0 aliphatic heterocycles. The molecule has 0 aliphatic rings. The van der Waals surface area contributed by atoms with Crippen LogP contribution >= 0.6 is 11.8 Å². The number of ether oxygens (including phenoxy) is 1. The van der Waals surface area contributed by atoms with Gasteiger partial charge < -0.3 is 10.1 Å². The fourth-order valence-electron chi connectivity index (χ4n) is 2.51. The van der Waals surface area contributed by atoms with Crippen molar-refractivity contribution in [3.63, 3.8) is 0 Å². The molecule has 1 amide bonds. The van der Waals surface area contributed by atoms with Crippen LogP contribution in [0.3, 0.4) is 0 Å². The van der Waals surface area contributed by atoms with E-state index in [9.17, 15) is 9.59 Å². The van der Waals surface area contributed by atoms with E-state index in [1.807, 2.05) is 72.8 Å². The van der Waals surface area contributed by atoms with E-state index in [-0.39, 0.29) is 11.7 Å². The van der Waals surface area contributed by atoms with Gasteiger partial charge in [0.1, 0.15) is 0 Å². The molecular formula is C21H19NO3S. The summed E-state index contributed by atoms with van der Waals surface area (Å²) in [7, 11) is 0. The molecular weight excluding hydrogens is 346 g/mol. The Bertz CT molecular complexity index is 906. The molecule has 5 heteroatoms. The van der Waals surface area contributed by atoms with Crippen molar-refractivity contribution in [2.45, 2.75) is 17.9 Å². The molecule has 3 rings (SSSR count). The second-order valence-corrected chi connectivity index (χ2v) is 6.80. The van der Waals surface area contributed by atoms with E-state index in [0.29, 0.717) is 5.69 Å². The molecule has 0 unspecified atom stereocenters. The topological polar surface area (TPSA) is 55.4 Å². The Hall–Kier alpha value is -2.79. The number of anilines is 1. The third kappa shape index (κ3) is 4.64. The minimum Gasteiger partial charge on any atom is -0.452 e. The van der Waals surface area contributed by atoms with Crippen molar-refractivity contribution >= 4 is 40.1 Å². The average molecular weight is 365 g/mol. The molecule has 4 nitrogen and oxygen atoms in total. The van der Waals surface area contributed by atoms with E-state index in [1.54, 1.807) is 6.92 Å². The molecule has 0 saturated carbocycles. The van der Waals surface area contributed by atoms with E-state index >= 15 is 0 Å². The lowest BCUT2D eigenvalue weighted by Gasteiger charge is -2.14. The molecule has 0 radical (unpaired) electrons. The number of fused-ring (bicyclic) bond motifs is 1. The molecule has 0 heterocycles. The fraction of sp³-hybridized carbons (Fsp3) is 0.143. The second kappa shape index (κ2) is 8.54. The number of benzene rings is 3.